The molecule has 1 aromatic heterocycles. The Labute approximate surface area is 77.6 Å². The maximum absolute atomic E-state index is 5.78. The molecular weight excluding hydrogens is 166 g/mol. The first-order valence-corrected chi connectivity index (χ1v) is 5.41. The molecule has 66 valence electrons. The Morgan fingerprint density at radius 1 is 1.58 bits per heavy atom. The smallest absolute Gasteiger partial charge is 0.0361 e. The van der Waals surface area contributed by atoms with Gasteiger partial charge in [0.25, 0.3) is 0 Å². The lowest BCUT2D eigenvalue weighted by atomic mass is 10.2. The molecule has 1 heterocycles. The third-order valence-electron chi connectivity index (χ3n) is 2.32. The molecule has 1 aliphatic carbocycles. The first-order valence-electron chi connectivity index (χ1n) is 4.60. The summed E-state index contributed by atoms with van der Waals surface area (Å²) in [5, 5.41) is 0. The highest BCUT2D eigenvalue weighted by atomic mass is 32.1. The van der Waals surface area contributed by atoms with Crippen molar-refractivity contribution in [2.24, 2.45) is 11.7 Å². The van der Waals surface area contributed by atoms with Crippen LogP contribution in [0.5, 0.6) is 0 Å². The molecule has 1 nitrogen and oxygen atoms in total. The molecule has 0 unspecified atom stereocenters. The first kappa shape index (κ1) is 8.27. The lowest BCUT2D eigenvalue weighted by Crippen LogP contribution is -2.01. The standard InChI is InChI=1S/C10H15NS/c1-7(11)10-5-4-9(12-10)6-8-2-3-8/h4-5,7-8H,2-3,6,11H2,1H3/t7-/m0/s1. The zero-order valence-corrected chi connectivity index (χ0v) is 8.23. The maximum Gasteiger partial charge on any atom is 0.0361 e. The van der Waals surface area contributed by atoms with Gasteiger partial charge >= 0.3 is 0 Å². The summed E-state index contributed by atoms with van der Waals surface area (Å²) in [5.41, 5.74) is 5.78. The van der Waals surface area contributed by atoms with Crippen LogP contribution in [0.2, 0.25) is 0 Å². The van der Waals surface area contributed by atoms with Gasteiger partial charge in [0.15, 0.2) is 0 Å². The molecule has 0 spiro atoms. The van der Waals surface area contributed by atoms with Crippen molar-refractivity contribution in [3.8, 4) is 0 Å². The zero-order chi connectivity index (χ0) is 8.55. The van der Waals surface area contributed by atoms with E-state index < -0.39 is 0 Å². The van der Waals surface area contributed by atoms with Crippen LogP contribution in [0.3, 0.4) is 0 Å². The lowest BCUT2D eigenvalue weighted by Gasteiger charge is -1.98. The molecule has 1 atom stereocenters. The highest BCUT2D eigenvalue weighted by Crippen LogP contribution is 2.35. The van der Waals surface area contributed by atoms with Gasteiger partial charge in [0, 0.05) is 15.8 Å². The van der Waals surface area contributed by atoms with Crippen LogP contribution in [0.4, 0.5) is 0 Å². The molecule has 0 saturated heterocycles. The summed E-state index contributed by atoms with van der Waals surface area (Å²) in [5.74, 6) is 0.990. The largest absolute Gasteiger partial charge is 0.324 e. The third-order valence-corrected chi connectivity index (χ3v) is 3.63. The highest BCUT2D eigenvalue weighted by Gasteiger charge is 2.22. The van der Waals surface area contributed by atoms with Crippen molar-refractivity contribution in [2.45, 2.75) is 32.2 Å². The van der Waals surface area contributed by atoms with E-state index in [2.05, 4.69) is 12.1 Å². The molecule has 2 rings (SSSR count). The predicted octanol–water partition coefficient (Wildman–Crippen LogP) is 2.72. The lowest BCUT2D eigenvalue weighted by molar-refractivity contribution is 0.838. The topological polar surface area (TPSA) is 26.0 Å². The second kappa shape index (κ2) is 3.19. The number of thiophene rings is 1. The van der Waals surface area contributed by atoms with Crippen molar-refractivity contribution in [2.75, 3.05) is 0 Å². The summed E-state index contributed by atoms with van der Waals surface area (Å²) >= 11 is 1.88. The number of hydrogen-bond acceptors (Lipinski definition) is 2. The van der Waals surface area contributed by atoms with Crippen LogP contribution in [-0.4, -0.2) is 0 Å². The van der Waals surface area contributed by atoms with E-state index in [1.54, 1.807) is 0 Å². The van der Waals surface area contributed by atoms with Gasteiger partial charge in [-0.2, -0.15) is 0 Å². The minimum absolute atomic E-state index is 0.211. The summed E-state index contributed by atoms with van der Waals surface area (Å²) in [7, 11) is 0. The molecule has 2 heteroatoms. The Morgan fingerprint density at radius 3 is 2.83 bits per heavy atom. The van der Waals surface area contributed by atoms with E-state index in [9.17, 15) is 0 Å². The normalized spacial score (nSPS) is 19.5. The van der Waals surface area contributed by atoms with E-state index in [1.807, 2.05) is 18.3 Å². The van der Waals surface area contributed by atoms with E-state index in [0.717, 1.165) is 5.92 Å². The predicted molar refractivity (Wildman–Crippen MR) is 53.3 cm³/mol. The Hall–Kier alpha value is -0.340. The molecule has 0 bridgehead atoms. The Morgan fingerprint density at radius 2 is 2.33 bits per heavy atom. The first-order chi connectivity index (χ1) is 5.75. The second-order valence-electron chi connectivity index (χ2n) is 3.74. The Bertz CT molecular complexity index is 261. The van der Waals surface area contributed by atoms with Crippen LogP contribution in [0.15, 0.2) is 12.1 Å². The number of rotatable bonds is 3. The minimum Gasteiger partial charge on any atom is -0.324 e. The average molecular weight is 181 g/mol. The van der Waals surface area contributed by atoms with Crippen molar-refractivity contribution in [3.05, 3.63) is 21.9 Å². The summed E-state index contributed by atoms with van der Waals surface area (Å²) in [4.78, 5) is 2.84. The molecule has 1 aromatic rings. The fourth-order valence-electron chi connectivity index (χ4n) is 1.36. The summed E-state index contributed by atoms with van der Waals surface area (Å²) < 4.78 is 0. The minimum atomic E-state index is 0.211. The molecule has 0 radical (unpaired) electrons. The van der Waals surface area contributed by atoms with Crippen LogP contribution >= 0.6 is 11.3 Å². The Kier molecular flexibility index (Phi) is 2.20. The summed E-state index contributed by atoms with van der Waals surface area (Å²) in [6.07, 6.45) is 4.16. The SMILES string of the molecule is C[C@H](N)c1ccc(CC2CC2)s1. The fraction of sp³-hybridized carbons (Fsp3) is 0.600. The highest BCUT2D eigenvalue weighted by molar-refractivity contribution is 7.12. The molecule has 1 fully saturated rings. The summed E-state index contributed by atoms with van der Waals surface area (Å²) in [6, 6.07) is 4.62. The van der Waals surface area contributed by atoms with E-state index >= 15 is 0 Å². The fourth-order valence-corrected chi connectivity index (χ4v) is 2.44. The zero-order valence-electron chi connectivity index (χ0n) is 7.42. The number of nitrogens with two attached hydrogens (primary N) is 1. The van der Waals surface area contributed by atoms with Gasteiger partial charge in [-0.3, -0.25) is 0 Å². The molecule has 1 saturated carbocycles. The van der Waals surface area contributed by atoms with Crippen molar-refractivity contribution in [1.82, 2.24) is 0 Å². The van der Waals surface area contributed by atoms with Crippen LogP contribution in [-0.2, 0) is 6.42 Å². The summed E-state index contributed by atoms with van der Waals surface area (Å²) in [6.45, 7) is 2.05. The van der Waals surface area contributed by atoms with Crippen LogP contribution in [0.25, 0.3) is 0 Å². The maximum atomic E-state index is 5.78. The van der Waals surface area contributed by atoms with Crippen molar-refractivity contribution < 1.29 is 0 Å². The molecule has 2 N–H and O–H groups in total. The van der Waals surface area contributed by atoms with Gasteiger partial charge in [0.05, 0.1) is 0 Å². The van der Waals surface area contributed by atoms with E-state index in [0.29, 0.717) is 0 Å². The van der Waals surface area contributed by atoms with Gasteiger partial charge in [-0.05, 0) is 44.2 Å². The third kappa shape index (κ3) is 1.87. The van der Waals surface area contributed by atoms with Crippen molar-refractivity contribution in [3.63, 3.8) is 0 Å². The molecule has 12 heavy (non-hydrogen) atoms. The monoisotopic (exact) mass is 181 g/mol. The van der Waals surface area contributed by atoms with Crippen molar-refractivity contribution >= 4 is 11.3 Å². The van der Waals surface area contributed by atoms with Crippen LogP contribution in [0.1, 0.15) is 35.6 Å². The van der Waals surface area contributed by atoms with Gasteiger partial charge in [-0.15, -0.1) is 11.3 Å². The van der Waals surface area contributed by atoms with Gasteiger partial charge in [-0.25, -0.2) is 0 Å². The van der Waals surface area contributed by atoms with Gasteiger partial charge in [-0.1, -0.05) is 0 Å². The van der Waals surface area contributed by atoms with Crippen LogP contribution in [0, 0.1) is 5.92 Å². The van der Waals surface area contributed by atoms with E-state index in [-0.39, 0.29) is 6.04 Å². The van der Waals surface area contributed by atoms with Gasteiger partial charge < -0.3 is 5.73 Å². The second-order valence-corrected chi connectivity index (χ2v) is 4.94. The van der Waals surface area contributed by atoms with E-state index in [1.165, 1.54) is 29.0 Å². The quantitative estimate of drug-likeness (QED) is 0.762. The Balaban J connectivity index is 2.02. The van der Waals surface area contributed by atoms with Crippen molar-refractivity contribution in [1.29, 1.82) is 0 Å². The molecule has 0 amide bonds. The van der Waals surface area contributed by atoms with E-state index in [4.69, 9.17) is 5.73 Å². The van der Waals surface area contributed by atoms with Crippen LogP contribution < -0.4 is 5.73 Å². The van der Waals surface area contributed by atoms with Gasteiger partial charge in [0.2, 0.25) is 0 Å². The number of hydrogen-bond donors (Lipinski definition) is 1. The molecule has 0 aromatic carbocycles. The molecule has 0 aliphatic heterocycles. The molecule has 1 aliphatic rings. The van der Waals surface area contributed by atoms with Gasteiger partial charge in [0.1, 0.15) is 0 Å². The average Bonchev–Trinajstić information content (AvgIpc) is 2.66. The molecular formula is C10H15NS.